The van der Waals surface area contributed by atoms with Crippen LogP contribution in [0, 0.1) is 0 Å². The number of imidazole rings is 1. The van der Waals surface area contributed by atoms with Gasteiger partial charge in [0.25, 0.3) is 0 Å². The number of likely N-dealkylation sites (tertiary alicyclic amines) is 1. The van der Waals surface area contributed by atoms with Gasteiger partial charge in [-0.3, -0.25) is 4.90 Å². The van der Waals surface area contributed by atoms with Gasteiger partial charge in [0.05, 0.1) is 6.04 Å². The van der Waals surface area contributed by atoms with Crippen molar-refractivity contribution in [1.82, 2.24) is 14.5 Å². The number of hydrogen-bond donors (Lipinski definition) is 1. The first-order valence-electron chi connectivity index (χ1n) is 7.29. The highest BCUT2D eigenvalue weighted by atomic mass is 16.3. The summed E-state index contributed by atoms with van der Waals surface area (Å²) in [7, 11) is 0. The maximum Gasteiger partial charge on any atom is 0.132 e. The van der Waals surface area contributed by atoms with E-state index in [1.807, 2.05) is 6.20 Å². The van der Waals surface area contributed by atoms with Gasteiger partial charge in [0.15, 0.2) is 0 Å². The topological polar surface area (TPSA) is 41.3 Å². The molecule has 1 aromatic heterocycles. The molecule has 2 atom stereocenters. The lowest BCUT2D eigenvalue weighted by Crippen LogP contribution is -2.35. The van der Waals surface area contributed by atoms with E-state index in [1.165, 1.54) is 31.5 Å². The van der Waals surface area contributed by atoms with Gasteiger partial charge in [-0.2, -0.15) is 0 Å². The second-order valence-electron chi connectivity index (χ2n) is 5.49. The molecule has 1 N–H and O–H groups in total. The minimum Gasteiger partial charge on any atom is -0.373 e. The Morgan fingerprint density at radius 2 is 2.22 bits per heavy atom. The fraction of sp³-hybridized carbons (Fsp3) is 0.786. The first-order chi connectivity index (χ1) is 8.81. The van der Waals surface area contributed by atoms with Gasteiger partial charge in [-0.05, 0) is 45.2 Å². The van der Waals surface area contributed by atoms with Gasteiger partial charge >= 0.3 is 0 Å². The van der Waals surface area contributed by atoms with Crippen molar-refractivity contribution >= 4 is 0 Å². The molecule has 0 aromatic carbocycles. The van der Waals surface area contributed by atoms with Crippen LogP contribution in [0.15, 0.2) is 6.20 Å². The molecule has 1 saturated heterocycles. The fourth-order valence-electron chi connectivity index (χ4n) is 3.44. The number of aliphatic hydroxyl groups is 1. The predicted molar refractivity (Wildman–Crippen MR) is 70.3 cm³/mol. The third kappa shape index (κ3) is 1.97. The average Bonchev–Trinajstić information content (AvgIpc) is 2.84. The maximum absolute atomic E-state index is 10.2. The molecule has 1 fully saturated rings. The molecule has 0 saturated carbocycles. The quantitative estimate of drug-likeness (QED) is 0.874. The Labute approximate surface area is 109 Å². The normalized spacial score (nSPS) is 29.2. The number of fused-ring (bicyclic) bond motifs is 1. The number of aromatic nitrogens is 2. The molecule has 2 aliphatic rings. The summed E-state index contributed by atoms with van der Waals surface area (Å²) in [6.45, 7) is 4.46. The van der Waals surface area contributed by atoms with E-state index in [-0.39, 0.29) is 6.23 Å². The van der Waals surface area contributed by atoms with E-state index in [2.05, 4.69) is 21.4 Å². The first kappa shape index (κ1) is 12.2. The Hall–Kier alpha value is -0.870. The van der Waals surface area contributed by atoms with Crippen molar-refractivity contribution in [2.75, 3.05) is 13.1 Å². The van der Waals surface area contributed by atoms with Crippen molar-refractivity contribution in [2.24, 2.45) is 0 Å². The van der Waals surface area contributed by atoms with Crippen molar-refractivity contribution in [2.45, 2.75) is 57.7 Å². The van der Waals surface area contributed by atoms with Gasteiger partial charge < -0.3 is 9.67 Å². The van der Waals surface area contributed by atoms with Gasteiger partial charge in [0.2, 0.25) is 0 Å². The zero-order chi connectivity index (χ0) is 12.5. The predicted octanol–water partition coefficient (Wildman–Crippen LogP) is 2.26. The highest BCUT2D eigenvalue weighted by Gasteiger charge is 2.30. The molecular formula is C14H23N3O. The van der Waals surface area contributed by atoms with Gasteiger partial charge in [-0.15, -0.1) is 0 Å². The van der Waals surface area contributed by atoms with Crippen LogP contribution in [0.4, 0.5) is 0 Å². The zero-order valence-corrected chi connectivity index (χ0v) is 11.2. The SMILES string of the molecule is CCN1CCCCC1c1ncc2n1C(O)CCC2. The minimum atomic E-state index is -0.355. The van der Waals surface area contributed by atoms with Crippen LogP contribution in [-0.2, 0) is 6.42 Å². The fourth-order valence-corrected chi connectivity index (χ4v) is 3.44. The van der Waals surface area contributed by atoms with Gasteiger partial charge in [-0.1, -0.05) is 13.3 Å². The molecular weight excluding hydrogens is 226 g/mol. The summed E-state index contributed by atoms with van der Waals surface area (Å²) >= 11 is 0. The van der Waals surface area contributed by atoms with Crippen LogP contribution in [0.2, 0.25) is 0 Å². The number of nitrogens with zero attached hydrogens (tertiary/aromatic N) is 3. The van der Waals surface area contributed by atoms with E-state index in [1.54, 1.807) is 0 Å². The van der Waals surface area contributed by atoms with Crippen molar-refractivity contribution in [1.29, 1.82) is 0 Å². The molecule has 0 aliphatic carbocycles. The molecule has 100 valence electrons. The van der Waals surface area contributed by atoms with Crippen molar-refractivity contribution < 1.29 is 5.11 Å². The van der Waals surface area contributed by atoms with Crippen molar-refractivity contribution in [3.05, 3.63) is 17.7 Å². The number of aryl methyl sites for hydroxylation is 1. The highest BCUT2D eigenvalue weighted by Crippen LogP contribution is 2.34. The number of rotatable bonds is 2. The number of aliphatic hydroxyl groups excluding tert-OH is 1. The molecule has 2 aliphatic heterocycles. The Bertz CT molecular complexity index is 415. The third-order valence-electron chi connectivity index (χ3n) is 4.41. The second-order valence-corrected chi connectivity index (χ2v) is 5.49. The summed E-state index contributed by atoms with van der Waals surface area (Å²) < 4.78 is 2.10. The standard InChI is InChI=1S/C14H23N3O/c1-2-16-9-4-3-7-12(16)14-15-10-11-6-5-8-13(18)17(11)14/h10,12-13,18H,2-9H2,1H3. The molecule has 3 rings (SSSR count). The van der Waals surface area contributed by atoms with Crippen molar-refractivity contribution in [3.63, 3.8) is 0 Å². The molecule has 0 amide bonds. The lowest BCUT2D eigenvalue weighted by Gasteiger charge is -2.36. The van der Waals surface area contributed by atoms with E-state index < -0.39 is 0 Å². The smallest absolute Gasteiger partial charge is 0.132 e. The summed E-state index contributed by atoms with van der Waals surface area (Å²) in [5, 5.41) is 10.2. The van der Waals surface area contributed by atoms with E-state index in [0.29, 0.717) is 6.04 Å². The van der Waals surface area contributed by atoms with Crippen LogP contribution in [0.1, 0.15) is 62.8 Å². The van der Waals surface area contributed by atoms with E-state index in [4.69, 9.17) is 0 Å². The molecule has 0 radical (unpaired) electrons. The molecule has 0 spiro atoms. The highest BCUT2D eigenvalue weighted by molar-refractivity contribution is 5.13. The summed E-state index contributed by atoms with van der Waals surface area (Å²) in [5.74, 6) is 1.10. The Morgan fingerprint density at radius 3 is 3.06 bits per heavy atom. The van der Waals surface area contributed by atoms with Gasteiger partial charge in [0.1, 0.15) is 12.1 Å². The van der Waals surface area contributed by atoms with Crippen molar-refractivity contribution in [3.8, 4) is 0 Å². The molecule has 4 heteroatoms. The Balaban J connectivity index is 1.93. The Morgan fingerprint density at radius 1 is 1.33 bits per heavy atom. The lowest BCUT2D eigenvalue weighted by molar-refractivity contribution is 0.0634. The largest absolute Gasteiger partial charge is 0.373 e. The van der Waals surface area contributed by atoms with E-state index in [9.17, 15) is 5.11 Å². The molecule has 0 bridgehead atoms. The molecule has 4 nitrogen and oxygen atoms in total. The average molecular weight is 249 g/mol. The van der Waals surface area contributed by atoms with Gasteiger partial charge in [0, 0.05) is 11.9 Å². The van der Waals surface area contributed by atoms with E-state index in [0.717, 1.165) is 31.6 Å². The van der Waals surface area contributed by atoms with Crippen LogP contribution in [0.3, 0.4) is 0 Å². The monoisotopic (exact) mass is 249 g/mol. The summed E-state index contributed by atoms with van der Waals surface area (Å²) in [5.41, 5.74) is 1.21. The first-order valence-corrected chi connectivity index (χ1v) is 7.29. The van der Waals surface area contributed by atoms with E-state index >= 15 is 0 Å². The summed E-state index contributed by atoms with van der Waals surface area (Å²) in [4.78, 5) is 7.13. The number of hydrogen-bond acceptors (Lipinski definition) is 3. The summed E-state index contributed by atoms with van der Waals surface area (Å²) in [6, 6.07) is 0.408. The van der Waals surface area contributed by atoms with Crippen LogP contribution in [0.5, 0.6) is 0 Å². The lowest BCUT2D eigenvalue weighted by atomic mass is 10.0. The minimum absolute atomic E-state index is 0.355. The van der Waals surface area contributed by atoms with Crippen LogP contribution < -0.4 is 0 Å². The Kier molecular flexibility index (Phi) is 3.39. The third-order valence-corrected chi connectivity index (χ3v) is 4.41. The molecule has 3 heterocycles. The van der Waals surface area contributed by atoms with Crippen LogP contribution in [0.25, 0.3) is 0 Å². The second kappa shape index (κ2) is 5.02. The molecule has 2 unspecified atom stereocenters. The zero-order valence-electron chi connectivity index (χ0n) is 11.2. The van der Waals surface area contributed by atoms with Crippen LogP contribution >= 0.6 is 0 Å². The van der Waals surface area contributed by atoms with Gasteiger partial charge in [-0.25, -0.2) is 4.98 Å². The summed E-state index contributed by atoms with van der Waals surface area (Å²) in [6.07, 6.45) is 8.37. The maximum atomic E-state index is 10.2. The molecule has 18 heavy (non-hydrogen) atoms. The number of piperidine rings is 1. The molecule has 1 aromatic rings. The van der Waals surface area contributed by atoms with Crippen LogP contribution in [-0.4, -0.2) is 32.6 Å².